The van der Waals surface area contributed by atoms with Crippen molar-refractivity contribution in [3.8, 4) is 6.07 Å². The summed E-state index contributed by atoms with van der Waals surface area (Å²) in [7, 11) is 0. The fourth-order valence-electron chi connectivity index (χ4n) is 1.54. The number of nitrogens with one attached hydrogen (secondary N) is 1. The van der Waals surface area contributed by atoms with E-state index in [2.05, 4.69) is 10.5 Å². The van der Waals surface area contributed by atoms with E-state index >= 15 is 0 Å². The van der Waals surface area contributed by atoms with Gasteiger partial charge in [0, 0.05) is 6.07 Å². The maximum atomic E-state index is 11.9. The summed E-state index contributed by atoms with van der Waals surface area (Å²) in [6.07, 6.45) is 1.50. The van der Waals surface area contributed by atoms with E-state index in [1.54, 1.807) is 30.3 Å². The molecule has 1 amide bonds. The molecule has 1 aromatic carbocycles. The number of aromatic nitrogens is 1. The second-order valence-electron chi connectivity index (χ2n) is 3.67. The topological polar surface area (TPSA) is 78.9 Å². The molecule has 2 rings (SSSR count). The molecule has 0 bridgehead atoms. The molecule has 0 saturated carbocycles. The van der Waals surface area contributed by atoms with Crippen LogP contribution in [-0.4, -0.2) is 11.1 Å². The van der Waals surface area contributed by atoms with E-state index in [9.17, 15) is 4.79 Å². The van der Waals surface area contributed by atoms with Crippen LogP contribution < -0.4 is 5.32 Å². The molecule has 0 spiro atoms. The molecule has 1 atom stereocenters. The van der Waals surface area contributed by atoms with Crippen molar-refractivity contribution < 1.29 is 9.32 Å². The summed E-state index contributed by atoms with van der Waals surface area (Å²) in [6, 6.07) is 12.6. The fraction of sp³-hybridized carbons (Fsp3) is 0.154. The molecule has 1 unspecified atom stereocenters. The van der Waals surface area contributed by atoms with Crippen LogP contribution in [0.2, 0.25) is 0 Å². The zero-order valence-corrected chi connectivity index (χ0v) is 9.54. The van der Waals surface area contributed by atoms with Crippen molar-refractivity contribution >= 4 is 5.91 Å². The molecule has 1 heterocycles. The molecule has 1 N–H and O–H groups in total. The minimum atomic E-state index is -0.811. The van der Waals surface area contributed by atoms with E-state index in [0.29, 0.717) is 11.3 Å². The predicted octanol–water partition coefficient (Wildman–Crippen LogP) is 1.60. The largest absolute Gasteiger partial charge is 0.360 e. The number of carbonyl (C=O) groups is 1. The second kappa shape index (κ2) is 5.64. The molecular formula is C13H11N3O2. The molecule has 0 saturated heterocycles. The third-order valence-electron chi connectivity index (χ3n) is 2.45. The summed E-state index contributed by atoms with van der Waals surface area (Å²) in [5.74, 6) is -0.609. The number of hydrogen-bond acceptors (Lipinski definition) is 4. The number of nitriles is 1. The van der Waals surface area contributed by atoms with Crippen LogP contribution in [-0.2, 0) is 11.3 Å². The number of nitrogens with zero attached hydrogens (tertiary/aromatic N) is 2. The van der Waals surface area contributed by atoms with Crippen LogP contribution >= 0.6 is 0 Å². The molecule has 0 aliphatic heterocycles. The first kappa shape index (κ1) is 11.9. The van der Waals surface area contributed by atoms with Gasteiger partial charge in [0.15, 0.2) is 5.76 Å². The van der Waals surface area contributed by atoms with E-state index in [1.165, 1.54) is 6.20 Å². The Labute approximate surface area is 104 Å². The Bertz CT molecular complexity index is 543. The average Bonchev–Trinajstić information content (AvgIpc) is 2.92. The summed E-state index contributed by atoms with van der Waals surface area (Å²) >= 11 is 0. The van der Waals surface area contributed by atoms with Gasteiger partial charge in [0.1, 0.15) is 5.92 Å². The Balaban J connectivity index is 2.01. The highest BCUT2D eigenvalue weighted by Crippen LogP contribution is 2.14. The van der Waals surface area contributed by atoms with Crippen LogP contribution in [0.15, 0.2) is 47.1 Å². The van der Waals surface area contributed by atoms with E-state index < -0.39 is 5.92 Å². The molecule has 0 radical (unpaired) electrons. The highest BCUT2D eigenvalue weighted by molar-refractivity contribution is 5.86. The molecule has 5 heteroatoms. The van der Waals surface area contributed by atoms with Gasteiger partial charge in [-0.3, -0.25) is 4.79 Å². The summed E-state index contributed by atoms with van der Waals surface area (Å²) < 4.78 is 4.86. The minimum Gasteiger partial charge on any atom is -0.360 e. The van der Waals surface area contributed by atoms with Gasteiger partial charge in [0.25, 0.3) is 0 Å². The monoisotopic (exact) mass is 241 g/mol. The zero-order chi connectivity index (χ0) is 12.8. The maximum Gasteiger partial charge on any atom is 0.242 e. The Morgan fingerprint density at radius 2 is 2.17 bits per heavy atom. The number of amides is 1. The normalized spacial score (nSPS) is 11.5. The molecule has 2 aromatic rings. The molecule has 5 nitrogen and oxygen atoms in total. The van der Waals surface area contributed by atoms with Crippen LogP contribution in [0, 0.1) is 11.3 Å². The minimum absolute atomic E-state index is 0.226. The van der Waals surface area contributed by atoms with E-state index in [4.69, 9.17) is 9.78 Å². The lowest BCUT2D eigenvalue weighted by atomic mass is 10.00. The first-order chi connectivity index (χ1) is 8.81. The van der Waals surface area contributed by atoms with Gasteiger partial charge in [-0.1, -0.05) is 35.5 Å². The van der Waals surface area contributed by atoms with E-state index in [1.807, 2.05) is 12.1 Å². The molecule has 0 aliphatic carbocycles. The Kier molecular flexibility index (Phi) is 3.72. The van der Waals surface area contributed by atoms with Crippen LogP contribution in [0.4, 0.5) is 0 Å². The first-order valence-electron chi connectivity index (χ1n) is 5.43. The number of benzene rings is 1. The average molecular weight is 241 g/mol. The lowest BCUT2D eigenvalue weighted by Gasteiger charge is -2.09. The molecule has 1 aromatic heterocycles. The summed E-state index contributed by atoms with van der Waals surface area (Å²) in [5.41, 5.74) is 0.676. The van der Waals surface area contributed by atoms with Crippen molar-refractivity contribution in [1.29, 1.82) is 5.26 Å². The van der Waals surface area contributed by atoms with Crippen LogP contribution in [0.1, 0.15) is 17.2 Å². The highest BCUT2D eigenvalue weighted by atomic mass is 16.5. The number of rotatable bonds is 4. The summed E-state index contributed by atoms with van der Waals surface area (Å²) in [5, 5.41) is 15.2. The van der Waals surface area contributed by atoms with Gasteiger partial charge in [-0.25, -0.2) is 0 Å². The SMILES string of the molecule is N#CC(C(=O)NCc1ccno1)c1ccccc1. The quantitative estimate of drug-likeness (QED) is 0.881. The standard InChI is InChI=1S/C13H11N3O2/c14-8-12(10-4-2-1-3-5-10)13(17)15-9-11-6-7-16-18-11/h1-7,12H,9H2,(H,15,17). The highest BCUT2D eigenvalue weighted by Gasteiger charge is 2.19. The van der Waals surface area contributed by atoms with Crippen molar-refractivity contribution in [3.63, 3.8) is 0 Å². The summed E-state index contributed by atoms with van der Waals surface area (Å²) in [4.78, 5) is 11.9. The van der Waals surface area contributed by atoms with Gasteiger partial charge in [0.05, 0.1) is 18.8 Å². The van der Waals surface area contributed by atoms with Crippen LogP contribution in [0.3, 0.4) is 0 Å². The number of carbonyl (C=O) groups excluding carboxylic acids is 1. The summed E-state index contributed by atoms with van der Waals surface area (Å²) in [6.45, 7) is 0.226. The van der Waals surface area contributed by atoms with Crippen molar-refractivity contribution in [3.05, 3.63) is 53.9 Å². The fourth-order valence-corrected chi connectivity index (χ4v) is 1.54. The van der Waals surface area contributed by atoms with Crippen molar-refractivity contribution in [2.75, 3.05) is 0 Å². The Morgan fingerprint density at radius 1 is 1.39 bits per heavy atom. The molecule has 0 fully saturated rings. The third kappa shape index (κ3) is 2.74. The molecule has 18 heavy (non-hydrogen) atoms. The molecule has 90 valence electrons. The van der Waals surface area contributed by atoms with Crippen LogP contribution in [0.5, 0.6) is 0 Å². The van der Waals surface area contributed by atoms with Gasteiger partial charge >= 0.3 is 0 Å². The lowest BCUT2D eigenvalue weighted by Crippen LogP contribution is -2.28. The van der Waals surface area contributed by atoms with Gasteiger partial charge in [-0.05, 0) is 5.56 Å². The molecule has 0 aliphatic rings. The van der Waals surface area contributed by atoms with Gasteiger partial charge < -0.3 is 9.84 Å². The second-order valence-corrected chi connectivity index (χ2v) is 3.67. The smallest absolute Gasteiger partial charge is 0.242 e. The van der Waals surface area contributed by atoms with E-state index in [-0.39, 0.29) is 12.5 Å². The predicted molar refractivity (Wildman–Crippen MR) is 63.1 cm³/mol. The van der Waals surface area contributed by atoms with Crippen molar-refractivity contribution in [2.45, 2.75) is 12.5 Å². The first-order valence-corrected chi connectivity index (χ1v) is 5.43. The van der Waals surface area contributed by atoms with Crippen LogP contribution in [0.25, 0.3) is 0 Å². The van der Waals surface area contributed by atoms with Crippen molar-refractivity contribution in [1.82, 2.24) is 10.5 Å². The maximum absolute atomic E-state index is 11.9. The molecular weight excluding hydrogens is 230 g/mol. The Hall–Kier alpha value is -2.61. The lowest BCUT2D eigenvalue weighted by molar-refractivity contribution is -0.121. The van der Waals surface area contributed by atoms with Gasteiger partial charge in [0.2, 0.25) is 5.91 Å². The van der Waals surface area contributed by atoms with E-state index in [0.717, 1.165) is 0 Å². The van der Waals surface area contributed by atoms with Gasteiger partial charge in [-0.15, -0.1) is 0 Å². The van der Waals surface area contributed by atoms with Gasteiger partial charge in [-0.2, -0.15) is 5.26 Å². The Morgan fingerprint density at radius 3 is 2.78 bits per heavy atom. The number of hydrogen-bond donors (Lipinski definition) is 1. The van der Waals surface area contributed by atoms with Crippen molar-refractivity contribution in [2.24, 2.45) is 0 Å². The third-order valence-corrected chi connectivity index (χ3v) is 2.45. The zero-order valence-electron chi connectivity index (χ0n) is 9.54.